The fraction of sp³-hybridized carbons (Fsp3) is 0.0833. The highest BCUT2D eigenvalue weighted by atomic mass is 16.7. The molecule has 1 aliphatic heterocycles. The van der Waals surface area contributed by atoms with Gasteiger partial charge in [0.1, 0.15) is 0 Å². The van der Waals surface area contributed by atoms with Crippen LogP contribution in [0, 0.1) is 6.92 Å². The molecule has 0 spiro atoms. The van der Waals surface area contributed by atoms with E-state index in [1.165, 1.54) is 0 Å². The Labute approximate surface area is 103 Å². The standard InChI is InChI=1S/C12H10N2O4/c1-3-8(15)18-14-10-6(2)4-5-7-9(10)12(17)13-11(7)16/h3-5,14H,1H2,2H3,(H,13,16,17). The molecule has 0 fully saturated rings. The number of carbonyl (C=O) groups excluding carboxylic acids is 3. The van der Waals surface area contributed by atoms with Crippen LogP contribution < -0.4 is 10.8 Å². The fourth-order valence-electron chi connectivity index (χ4n) is 1.64. The van der Waals surface area contributed by atoms with E-state index < -0.39 is 17.8 Å². The zero-order chi connectivity index (χ0) is 13.3. The number of imide groups is 1. The van der Waals surface area contributed by atoms with Crippen molar-refractivity contribution in [3.05, 3.63) is 41.5 Å². The molecule has 0 aromatic heterocycles. The molecular weight excluding hydrogens is 236 g/mol. The van der Waals surface area contributed by atoms with Crippen LogP contribution in [0.5, 0.6) is 0 Å². The van der Waals surface area contributed by atoms with Gasteiger partial charge in [0.05, 0.1) is 16.8 Å². The maximum absolute atomic E-state index is 11.6. The first kappa shape index (κ1) is 11.8. The van der Waals surface area contributed by atoms with E-state index in [1.807, 2.05) is 0 Å². The van der Waals surface area contributed by atoms with E-state index in [-0.39, 0.29) is 11.1 Å². The zero-order valence-corrected chi connectivity index (χ0v) is 9.57. The van der Waals surface area contributed by atoms with Gasteiger partial charge in [-0.15, -0.1) is 0 Å². The van der Waals surface area contributed by atoms with E-state index in [0.29, 0.717) is 11.3 Å². The van der Waals surface area contributed by atoms with E-state index in [0.717, 1.165) is 6.08 Å². The molecule has 6 heteroatoms. The quantitative estimate of drug-likeness (QED) is 0.471. The van der Waals surface area contributed by atoms with Gasteiger partial charge in [-0.2, -0.15) is 0 Å². The smallest absolute Gasteiger partial charge is 0.339 e. The molecule has 0 unspecified atom stereocenters. The minimum atomic E-state index is -0.684. The molecule has 0 radical (unpaired) electrons. The molecule has 1 aromatic rings. The molecule has 2 rings (SSSR count). The molecule has 92 valence electrons. The summed E-state index contributed by atoms with van der Waals surface area (Å²) in [5.74, 6) is -1.67. The Balaban J connectivity index is 2.41. The number of nitrogens with one attached hydrogen (secondary N) is 2. The number of amides is 2. The van der Waals surface area contributed by atoms with Crippen molar-refractivity contribution in [3.63, 3.8) is 0 Å². The van der Waals surface area contributed by atoms with Crippen LogP contribution in [0.2, 0.25) is 0 Å². The van der Waals surface area contributed by atoms with Gasteiger partial charge in [0, 0.05) is 6.08 Å². The first-order chi connectivity index (χ1) is 8.54. The van der Waals surface area contributed by atoms with Crippen molar-refractivity contribution in [1.82, 2.24) is 5.32 Å². The molecule has 0 bridgehead atoms. The predicted molar refractivity (Wildman–Crippen MR) is 62.9 cm³/mol. The first-order valence-electron chi connectivity index (χ1n) is 5.13. The van der Waals surface area contributed by atoms with E-state index in [2.05, 4.69) is 22.2 Å². The topological polar surface area (TPSA) is 84.5 Å². The third-order valence-electron chi connectivity index (χ3n) is 2.53. The van der Waals surface area contributed by atoms with Gasteiger partial charge < -0.3 is 4.84 Å². The summed E-state index contributed by atoms with van der Waals surface area (Å²) < 4.78 is 0. The van der Waals surface area contributed by atoms with Crippen LogP contribution in [0.3, 0.4) is 0 Å². The van der Waals surface area contributed by atoms with Gasteiger partial charge in [0.25, 0.3) is 11.8 Å². The van der Waals surface area contributed by atoms with E-state index in [9.17, 15) is 14.4 Å². The Morgan fingerprint density at radius 1 is 1.39 bits per heavy atom. The summed E-state index contributed by atoms with van der Waals surface area (Å²) in [6, 6.07) is 3.20. The van der Waals surface area contributed by atoms with Crippen LogP contribution in [0.1, 0.15) is 26.3 Å². The average Bonchev–Trinajstić information content (AvgIpc) is 2.63. The maximum Gasteiger partial charge on any atom is 0.355 e. The van der Waals surface area contributed by atoms with E-state index in [4.69, 9.17) is 0 Å². The summed E-state index contributed by atoms with van der Waals surface area (Å²) in [6.45, 7) is 4.97. The number of benzene rings is 1. The Morgan fingerprint density at radius 3 is 2.78 bits per heavy atom. The highest BCUT2D eigenvalue weighted by Crippen LogP contribution is 2.27. The van der Waals surface area contributed by atoms with Gasteiger partial charge in [-0.25, -0.2) is 10.3 Å². The summed E-state index contributed by atoms with van der Waals surface area (Å²) in [4.78, 5) is 38.7. The zero-order valence-electron chi connectivity index (χ0n) is 9.57. The Morgan fingerprint density at radius 2 is 2.11 bits per heavy atom. The lowest BCUT2D eigenvalue weighted by atomic mass is 10.0. The normalized spacial score (nSPS) is 12.7. The molecule has 6 nitrogen and oxygen atoms in total. The predicted octanol–water partition coefficient (Wildman–Crippen LogP) is 0.935. The van der Waals surface area contributed by atoms with Gasteiger partial charge >= 0.3 is 5.97 Å². The number of aryl methyl sites for hydroxylation is 1. The minimum absolute atomic E-state index is 0.178. The summed E-state index contributed by atoms with van der Waals surface area (Å²) in [7, 11) is 0. The van der Waals surface area contributed by atoms with Crippen LogP contribution in [0.4, 0.5) is 5.69 Å². The number of hydrogen-bond donors (Lipinski definition) is 2. The van der Waals surface area contributed by atoms with Crippen LogP contribution in [-0.2, 0) is 9.63 Å². The monoisotopic (exact) mass is 246 g/mol. The van der Waals surface area contributed by atoms with Crippen LogP contribution in [0.25, 0.3) is 0 Å². The molecule has 0 aliphatic carbocycles. The second kappa shape index (κ2) is 4.33. The number of anilines is 1. The second-order valence-corrected chi connectivity index (χ2v) is 3.69. The third kappa shape index (κ3) is 1.84. The molecule has 1 aromatic carbocycles. The molecular formula is C12H10N2O4. The molecule has 2 N–H and O–H groups in total. The van der Waals surface area contributed by atoms with Crippen LogP contribution in [0.15, 0.2) is 24.8 Å². The molecule has 2 amide bonds. The Hall–Kier alpha value is -2.63. The summed E-state index contributed by atoms with van der Waals surface area (Å²) in [6.07, 6.45) is 0.983. The second-order valence-electron chi connectivity index (χ2n) is 3.69. The van der Waals surface area contributed by atoms with Crippen molar-refractivity contribution >= 4 is 23.5 Å². The number of fused-ring (bicyclic) bond motifs is 1. The summed E-state index contributed by atoms with van der Waals surface area (Å²) in [5, 5.41) is 2.17. The fourth-order valence-corrected chi connectivity index (χ4v) is 1.64. The van der Waals surface area contributed by atoms with Crippen LogP contribution in [-0.4, -0.2) is 17.8 Å². The van der Waals surface area contributed by atoms with Gasteiger partial charge in [-0.05, 0) is 18.6 Å². The first-order valence-corrected chi connectivity index (χ1v) is 5.13. The summed E-state index contributed by atoms with van der Waals surface area (Å²) >= 11 is 0. The molecule has 0 atom stereocenters. The lowest BCUT2D eigenvalue weighted by Gasteiger charge is -2.11. The largest absolute Gasteiger partial charge is 0.355 e. The van der Waals surface area contributed by atoms with Gasteiger partial charge in [0.15, 0.2) is 0 Å². The van der Waals surface area contributed by atoms with Gasteiger partial charge in [0.2, 0.25) is 0 Å². The van der Waals surface area contributed by atoms with Crippen molar-refractivity contribution < 1.29 is 19.2 Å². The number of hydrogen-bond acceptors (Lipinski definition) is 5. The highest BCUT2D eigenvalue weighted by molar-refractivity contribution is 6.24. The van der Waals surface area contributed by atoms with Crippen molar-refractivity contribution in [2.75, 3.05) is 5.48 Å². The van der Waals surface area contributed by atoms with Crippen LogP contribution >= 0.6 is 0 Å². The Bertz CT molecular complexity index is 578. The lowest BCUT2D eigenvalue weighted by Crippen LogP contribution is -2.20. The molecule has 18 heavy (non-hydrogen) atoms. The molecule has 0 saturated heterocycles. The highest BCUT2D eigenvalue weighted by Gasteiger charge is 2.30. The van der Waals surface area contributed by atoms with Gasteiger partial charge in [-0.3, -0.25) is 14.9 Å². The SMILES string of the molecule is C=CC(=O)ONc1c(C)ccc2c1C(=O)NC2=O. The average molecular weight is 246 g/mol. The molecule has 1 heterocycles. The van der Waals surface area contributed by atoms with Crippen molar-refractivity contribution in [2.45, 2.75) is 6.92 Å². The maximum atomic E-state index is 11.6. The minimum Gasteiger partial charge on any atom is -0.339 e. The third-order valence-corrected chi connectivity index (χ3v) is 2.53. The van der Waals surface area contributed by atoms with Crippen molar-refractivity contribution in [2.24, 2.45) is 0 Å². The number of carbonyl (C=O) groups is 3. The van der Waals surface area contributed by atoms with E-state index in [1.54, 1.807) is 19.1 Å². The Kier molecular flexibility index (Phi) is 2.85. The molecule has 0 saturated carbocycles. The number of rotatable bonds is 3. The van der Waals surface area contributed by atoms with Gasteiger partial charge in [-0.1, -0.05) is 12.6 Å². The van der Waals surface area contributed by atoms with Crippen molar-refractivity contribution in [1.29, 1.82) is 0 Å². The van der Waals surface area contributed by atoms with E-state index >= 15 is 0 Å². The lowest BCUT2D eigenvalue weighted by molar-refractivity contribution is -0.134. The molecule has 1 aliphatic rings. The van der Waals surface area contributed by atoms with Crippen molar-refractivity contribution in [3.8, 4) is 0 Å². The summed E-state index contributed by atoms with van der Waals surface area (Å²) in [5.41, 5.74) is 3.78.